The van der Waals surface area contributed by atoms with Crippen LogP contribution >= 0.6 is 0 Å². The van der Waals surface area contributed by atoms with Crippen LogP contribution in [0.2, 0.25) is 0 Å². The number of hydrogen-bond donors (Lipinski definition) is 0. The zero-order chi connectivity index (χ0) is 20.1. The molecular weight excluding hydrogens is 348 g/mol. The molecule has 0 fully saturated rings. The molecule has 144 valence electrons. The highest BCUT2D eigenvalue weighted by molar-refractivity contribution is 5.81. The van der Waals surface area contributed by atoms with E-state index in [1.54, 1.807) is 0 Å². The second-order valence-corrected chi connectivity index (χ2v) is 5.52. The maximum Gasteiger partial charge on any atom is 0.330 e. The molecule has 0 aliphatic carbocycles. The van der Waals surface area contributed by atoms with Gasteiger partial charge in [-0.15, -0.1) is 0 Å². The highest BCUT2D eigenvalue weighted by Gasteiger charge is 2.06. The van der Waals surface area contributed by atoms with E-state index in [2.05, 4.69) is 19.7 Å². The molecule has 0 N–H and O–H groups in total. The predicted molar refractivity (Wildman–Crippen MR) is 101 cm³/mol. The quantitative estimate of drug-likeness (QED) is 0.319. The number of ether oxygens (including phenoxy) is 3. The van der Waals surface area contributed by atoms with E-state index in [0.29, 0.717) is 19.3 Å². The predicted octanol–water partition coefficient (Wildman–Crippen LogP) is 2.50. The van der Waals surface area contributed by atoms with E-state index in [4.69, 9.17) is 14.2 Å². The molecule has 6 heteroatoms. The van der Waals surface area contributed by atoms with Crippen molar-refractivity contribution in [3.05, 3.63) is 72.9 Å². The molecule has 27 heavy (non-hydrogen) atoms. The van der Waals surface area contributed by atoms with E-state index < -0.39 is 17.9 Å². The second-order valence-electron chi connectivity index (χ2n) is 5.52. The van der Waals surface area contributed by atoms with Crippen molar-refractivity contribution in [3.8, 4) is 0 Å². The van der Waals surface area contributed by atoms with Gasteiger partial charge in [0.25, 0.3) is 0 Å². The maximum atomic E-state index is 11.1. The fourth-order valence-electron chi connectivity index (χ4n) is 2.26. The molecule has 0 amide bonds. The maximum absolute atomic E-state index is 11.1. The summed E-state index contributed by atoms with van der Waals surface area (Å²) in [4.78, 5) is 33.4. The largest absolute Gasteiger partial charge is 0.462 e. The van der Waals surface area contributed by atoms with Gasteiger partial charge in [-0.1, -0.05) is 37.9 Å². The Morgan fingerprint density at radius 2 is 0.889 bits per heavy atom. The van der Waals surface area contributed by atoms with Crippen LogP contribution in [0.25, 0.3) is 0 Å². The average Bonchev–Trinajstić information content (AvgIpc) is 2.67. The van der Waals surface area contributed by atoms with Gasteiger partial charge in [0.1, 0.15) is 0 Å². The minimum atomic E-state index is -0.473. The summed E-state index contributed by atoms with van der Waals surface area (Å²) in [5, 5.41) is 0. The Balaban J connectivity index is 2.76. The first-order chi connectivity index (χ1) is 13.0. The van der Waals surface area contributed by atoms with Gasteiger partial charge in [0.15, 0.2) is 0 Å². The Labute approximate surface area is 159 Å². The Bertz CT molecular complexity index is 597. The van der Waals surface area contributed by atoms with Crippen molar-refractivity contribution in [2.45, 2.75) is 19.3 Å². The van der Waals surface area contributed by atoms with Gasteiger partial charge in [0.05, 0.1) is 19.8 Å². The molecular formula is C21H24O6. The number of esters is 3. The molecule has 0 atom stereocenters. The Morgan fingerprint density at radius 3 is 1.11 bits per heavy atom. The van der Waals surface area contributed by atoms with Crippen LogP contribution in [-0.4, -0.2) is 37.7 Å². The highest BCUT2D eigenvalue weighted by atomic mass is 16.5. The van der Waals surface area contributed by atoms with Gasteiger partial charge in [0.2, 0.25) is 0 Å². The number of hydrogen-bond acceptors (Lipinski definition) is 6. The Hall–Kier alpha value is -3.15. The Morgan fingerprint density at radius 1 is 0.630 bits per heavy atom. The zero-order valence-electron chi connectivity index (χ0n) is 15.3. The fraction of sp³-hybridized carbons (Fsp3) is 0.286. The first-order valence-electron chi connectivity index (χ1n) is 8.47. The van der Waals surface area contributed by atoms with Crippen LogP contribution < -0.4 is 0 Å². The molecule has 1 aromatic rings. The standard InChI is InChI=1S/C21H24O6/c1-4-19(22)25-10-7-16-13-17(8-11-26-20(23)5-2)15-18(14-16)9-12-27-21(24)6-3/h4-6,13-15H,1-3,7-12H2. The van der Waals surface area contributed by atoms with Gasteiger partial charge < -0.3 is 14.2 Å². The van der Waals surface area contributed by atoms with Crippen LogP contribution in [0.3, 0.4) is 0 Å². The lowest BCUT2D eigenvalue weighted by atomic mass is 10.0. The van der Waals surface area contributed by atoms with Crippen molar-refractivity contribution in [2.24, 2.45) is 0 Å². The van der Waals surface area contributed by atoms with E-state index in [0.717, 1.165) is 34.9 Å². The number of rotatable bonds is 12. The first kappa shape index (κ1) is 21.9. The van der Waals surface area contributed by atoms with Crippen LogP contribution in [0, 0.1) is 0 Å². The van der Waals surface area contributed by atoms with E-state index >= 15 is 0 Å². The highest BCUT2D eigenvalue weighted by Crippen LogP contribution is 2.14. The molecule has 6 nitrogen and oxygen atoms in total. The summed E-state index contributed by atoms with van der Waals surface area (Å²) in [6.07, 6.45) is 4.93. The third-order valence-corrected chi connectivity index (χ3v) is 3.52. The van der Waals surface area contributed by atoms with E-state index in [-0.39, 0.29) is 19.8 Å². The molecule has 1 rings (SSSR count). The third-order valence-electron chi connectivity index (χ3n) is 3.52. The summed E-state index contributed by atoms with van der Waals surface area (Å²) in [6.45, 7) is 10.7. The van der Waals surface area contributed by atoms with E-state index in [1.165, 1.54) is 0 Å². The summed E-state index contributed by atoms with van der Waals surface area (Å²) < 4.78 is 15.0. The van der Waals surface area contributed by atoms with Crippen molar-refractivity contribution in [1.82, 2.24) is 0 Å². The third kappa shape index (κ3) is 9.21. The minimum Gasteiger partial charge on any atom is -0.462 e. The topological polar surface area (TPSA) is 78.9 Å². The molecule has 1 aromatic carbocycles. The van der Waals surface area contributed by atoms with Gasteiger partial charge >= 0.3 is 17.9 Å². The first-order valence-corrected chi connectivity index (χ1v) is 8.47. The van der Waals surface area contributed by atoms with Crippen molar-refractivity contribution < 1.29 is 28.6 Å². The number of carbonyl (C=O) groups is 3. The van der Waals surface area contributed by atoms with Gasteiger partial charge in [0, 0.05) is 37.5 Å². The molecule has 0 aliphatic heterocycles. The van der Waals surface area contributed by atoms with Crippen molar-refractivity contribution in [1.29, 1.82) is 0 Å². The van der Waals surface area contributed by atoms with Crippen LogP contribution in [0.5, 0.6) is 0 Å². The van der Waals surface area contributed by atoms with Crippen LogP contribution in [0.4, 0.5) is 0 Å². The smallest absolute Gasteiger partial charge is 0.330 e. The van der Waals surface area contributed by atoms with Crippen LogP contribution in [-0.2, 0) is 47.9 Å². The van der Waals surface area contributed by atoms with Gasteiger partial charge in [-0.25, -0.2) is 14.4 Å². The van der Waals surface area contributed by atoms with Crippen molar-refractivity contribution in [3.63, 3.8) is 0 Å². The van der Waals surface area contributed by atoms with E-state index in [1.807, 2.05) is 18.2 Å². The van der Waals surface area contributed by atoms with E-state index in [9.17, 15) is 14.4 Å². The SMILES string of the molecule is C=CC(=O)OCCc1cc(CCOC(=O)C=C)cc(CCOC(=O)C=C)c1. The Kier molecular flexibility index (Phi) is 9.93. The van der Waals surface area contributed by atoms with Crippen LogP contribution in [0.1, 0.15) is 16.7 Å². The summed E-state index contributed by atoms with van der Waals surface area (Å²) in [5.74, 6) is -1.42. The molecule has 0 bridgehead atoms. The summed E-state index contributed by atoms with van der Waals surface area (Å²) >= 11 is 0. The zero-order valence-corrected chi connectivity index (χ0v) is 15.3. The average molecular weight is 372 g/mol. The summed E-state index contributed by atoms with van der Waals surface area (Å²) in [7, 11) is 0. The molecule has 0 aliphatic rings. The monoisotopic (exact) mass is 372 g/mol. The molecule has 0 heterocycles. The summed E-state index contributed by atoms with van der Waals surface area (Å²) in [5.41, 5.74) is 2.89. The van der Waals surface area contributed by atoms with Gasteiger partial charge in [-0.3, -0.25) is 0 Å². The van der Waals surface area contributed by atoms with Gasteiger partial charge in [-0.05, 0) is 16.7 Å². The number of carbonyl (C=O) groups excluding carboxylic acids is 3. The molecule has 0 radical (unpaired) electrons. The number of benzene rings is 1. The van der Waals surface area contributed by atoms with Crippen molar-refractivity contribution in [2.75, 3.05) is 19.8 Å². The summed E-state index contributed by atoms with van der Waals surface area (Å²) in [6, 6.07) is 5.88. The molecule has 0 saturated heterocycles. The lowest BCUT2D eigenvalue weighted by molar-refractivity contribution is -0.138. The van der Waals surface area contributed by atoms with Crippen LogP contribution in [0.15, 0.2) is 56.2 Å². The lowest BCUT2D eigenvalue weighted by Gasteiger charge is -2.11. The molecule has 0 spiro atoms. The van der Waals surface area contributed by atoms with Crippen molar-refractivity contribution >= 4 is 17.9 Å². The lowest BCUT2D eigenvalue weighted by Crippen LogP contribution is -2.08. The second kappa shape index (κ2) is 12.2. The molecule has 0 aromatic heterocycles. The molecule has 0 unspecified atom stereocenters. The normalized spacial score (nSPS) is 9.78. The molecule has 0 saturated carbocycles. The van der Waals surface area contributed by atoms with Gasteiger partial charge in [-0.2, -0.15) is 0 Å². The minimum absolute atomic E-state index is 0.227. The fourth-order valence-corrected chi connectivity index (χ4v) is 2.26.